The van der Waals surface area contributed by atoms with Gasteiger partial charge in [-0.25, -0.2) is 4.98 Å². The Bertz CT molecular complexity index is 601. The summed E-state index contributed by atoms with van der Waals surface area (Å²) in [4.78, 5) is 11.7. The molecule has 0 amide bonds. The zero-order chi connectivity index (χ0) is 19.1. The third-order valence-electron chi connectivity index (χ3n) is 5.83. The molecule has 28 heavy (non-hydrogen) atoms. The van der Waals surface area contributed by atoms with E-state index in [0.29, 0.717) is 6.04 Å². The molecule has 0 radical (unpaired) electrons. The second-order valence-corrected chi connectivity index (χ2v) is 9.85. The molecule has 2 atom stereocenters. The van der Waals surface area contributed by atoms with E-state index in [9.17, 15) is 0 Å². The lowest BCUT2D eigenvalue weighted by molar-refractivity contribution is 0.176. The fourth-order valence-electron chi connectivity index (χ4n) is 4.08. The van der Waals surface area contributed by atoms with Gasteiger partial charge in [0.2, 0.25) is 0 Å². The summed E-state index contributed by atoms with van der Waals surface area (Å²) in [6.45, 7) is 6.57. The van der Waals surface area contributed by atoms with Crippen LogP contribution in [0, 0.1) is 5.92 Å². The number of thiazole rings is 1. The van der Waals surface area contributed by atoms with Gasteiger partial charge in [-0.15, -0.1) is 35.3 Å². The normalized spacial score (nSPS) is 24.2. The summed E-state index contributed by atoms with van der Waals surface area (Å²) in [5.74, 6) is 1.72. The summed E-state index contributed by atoms with van der Waals surface area (Å²) in [6.07, 6.45) is 9.64. The number of aryl methyl sites for hydroxylation is 1. The molecule has 2 heterocycles. The van der Waals surface area contributed by atoms with Crippen LogP contribution in [-0.2, 0) is 13.0 Å². The van der Waals surface area contributed by atoms with Gasteiger partial charge in [-0.05, 0) is 63.8 Å². The van der Waals surface area contributed by atoms with Gasteiger partial charge in [-0.3, -0.25) is 9.89 Å². The van der Waals surface area contributed by atoms with E-state index in [1.165, 1.54) is 55.9 Å². The maximum absolute atomic E-state index is 4.71. The van der Waals surface area contributed by atoms with Gasteiger partial charge < -0.3 is 10.6 Å². The molecule has 8 heteroatoms. The van der Waals surface area contributed by atoms with Crippen molar-refractivity contribution in [3.8, 4) is 0 Å². The molecule has 1 aliphatic carbocycles. The molecule has 1 saturated heterocycles. The van der Waals surface area contributed by atoms with E-state index in [1.807, 2.05) is 18.8 Å². The van der Waals surface area contributed by atoms with Crippen LogP contribution in [0.3, 0.4) is 0 Å². The van der Waals surface area contributed by atoms with Gasteiger partial charge in [0.05, 0.1) is 10.7 Å². The van der Waals surface area contributed by atoms with Gasteiger partial charge in [0, 0.05) is 36.8 Å². The minimum atomic E-state index is 0. The Morgan fingerprint density at radius 2 is 2.11 bits per heavy atom. The first-order chi connectivity index (χ1) is 13.2. The number of thioether (sulfide) groups is 1. The van der Waals surface area contributed by atoms with Crippen molar-refractivity contribution in [2.45, 2.75) is 63.3 Å². The van der Waals surface area contributed by atoms with Crippen LogP contribution in [0.15, 0.2) is 10.4 Å². The molecule has 2 fully saturated rings. The zero-order valence-corrected chi connectivity index (χ0v) is 21.4. The van der Waals surface area contributed by atoms with Gasteiger partial charge in [-0.2, -0.15) is 11.8 Å². The van der Waals surface area contributed by atoms with E-state index < -0.39 is 0 Å². The molecule has 2 aliphatic rings. The van der Waals surface area contributed by atoms with Gasteiger partial charge in [0.15, 0.2) is 5.96 Å². The Labute approximate surface area is 196 Å². The minimum absolute atomic E-state index is 0. The highest BCUT2D eigenvalue weighted by atomic mass is 127. The molecule has 1 aliphatic heterocycles. The fraction of sp³-hybridized carbons (Fsp3) is 0.800. The Kier molecular flexibility index (Phi) is 10.9. The molecular formula is C20H36IN5S2. The van der Waals surface area contributed by atoms with Crippen molar-refractivity contribution >= 4 is 53.0 Å². The topological polar surface area (TPSA) is 52.6 Å². The van der Waals surface area contributed by atoms with Crippen molar-refractivity contribution in [1.29, 1.82) is 0 Å². The van der Waals surface area contributed by atoms with Crippen LogP contribution in [-0.4, -0.2) is 60.1 Å². The lowest BCUT2D eigenvalue weighted by Gasteiger charge is -2.32. The second kappa shape index (κ2) is 12.6. The zero-order valence-electron chi connectivity index (χ0n) is 17.4. The number of aliphatic imine (C=N–C) groups is 1. The van der Waals surface area contributed by atoms with Crippen LogP contribution in [0.5, 0.6) is 0 Å². The number of nitrogens with one attached hydrogen (secondary N) is 2. The molecular weight excluding hydrogens is 501 g/mol. The van der Waals surface area contributed by atoms with Crippen LogP contribution in [0.25, 0.3) is 0 Å². The lowest BCUT2D eigenvalue weighted by atomic mass is 9.97. The predicted molar refractivity (Wildman–Crippen MR) is 134 cm³/mol. The monoisotopic (exact) mass is 537 g/mol. The summed E-state index contributed by atoms with van der Waals surface area (Å²) in [6, 6.07) is 0.585. The number of piperidine rings is 1. The average molecular weight is 538 g/mol. The molecule has 1 aromatic heterocycles. The number of hydrogen-bond donors (Lipinski definition) is 2. The van der Waals surface area contributed by atoms with E-state index >= 15 is 0 Å². The number of likely N-dealkylation sites (tertiary alicyclic amines) is 1. The molecule has 0 aromatic carbocycles. The van der Waals surface area contributed by atoms with E-state index in [1.54, 1.807) is 11.3 Å². The fourth-order valence-corrected chi connectivity index (χ4v) is 5.61. The molecule has 2 N–H and O–H groups in total. The van der Waals surface area contributed by atoms with Crippen LogP contribution in [0.1, 0.15) is 49.7 Å². The third-order valence-corrected chi connectivity index (χ3v) is 7.97. The van der Waals surface area contributed by atoms with E-state index in [2.05, 4.69) is 39.1 Å². The standard InChI is InChI=1S/C20H35N5S2.HI/c1-4-19-23-17(14-27-19)13-25-9-7-15(8-10-25)12-22-20(21-2)24-16-5-6-18(11-16)26-3;/h14-16,18H,4-13H2,1-3H3,(H2,21,22,24);1H. The van der Waals surface area contributed by atoms with Crippen molar-refractivity contribution in [2.24, 2.45) is 10.9 Å². The number of halogens is 1. The van der Waals surface area contributed by atoms with E-state index in [-0.39, 0.29) is 24.0 Å². The highest BCUT2D eigenvalue weighted by Gasteiger charge is 2.25. The molecule has 1 saturated carbocycles. The SMILES string of the molecule is CCc1nc(CN2CCC(CNC(=NC)NC3CCC(SC)C3)CC2)cs1.I. The van der Waals surface area contributed by atoms with Crippen molar-refractivity contribution in [3.05, 3.63) is 16.1 Å². The molecule has 1 aromatic rings. The molecule has 0 spiro atoms. The maximum Gasteiger partial charge on any atom is 0.191 e. The van der Waals surface area contributed by atoms with Crippen molar-refractivity contribution in [3.63, 3.8) is 0 Å². The number of nitrogens with zero attached hydrogens (tertiary/aromatic N) is 3. The number of aromatic nitrogens is 1. The smallest absolute Gasteiger partial charge is 0.191 e. The van der Waals surface area contributed by atoms with Gasteiger partial charge >= 0.3 is 0 Å². The van der Waals surface area contributed by atoms with E-state index in [0.717, 1.165) is 36.6 Å². The number of hydrogen-bond acceptors (Lipinski definition) is 5. The molecule has 2 unspecified atom stereocenters. The third kappa shape index (κ3) is 7.32. The Hall–Kier alpha value is -0.0600. The quantitative estimate of drug-likeness (QED) is 0.313. The molecule has 5 nitrogen and oxygen atoms in total. The summed E-state index contributed by atoms with van der Waals surface area (Å²) >= 11 is 3.80. The number of rotatable bonds is 7. The first-order valence-corrected chi connectivity index (χ1v) is 12.5. The average Bonchev–Trinajstić information content (AvgIpc) is 3.35. The van der Waals surface area contributed by atoms with Gasteiger partial charge in [-0.1, -0.05) is 6.92 Å². The largest absolute Gasteiger partial charge is 0.356 e. The van der Waals surface area contributed by atoms with Crippen molar-refractivity contribution < 1.29 is 0 Å². The lowest BCUT2D eigenvalue weighted by Crippen LogP contribution is -2.45. The Balaban J connectivity index is 0.00000280. The van der Waals surface area contributed by atoms with Crippen LogP contribution in [0.4, 0.5) is 0 Å². The summed E-state index contributed by atoms with van der Waals surface area (Å²) < 4.78 is 0. The summed E-state index contributed by atoms with van der Waals surface area (Å²) in [5.41, 5.74) is 1.25. The highest BCUT2D eigenvalue weighted by molar-refractivity contribution is 14.0. The van der Waals surface area contributed by atoms with Gasteiger partial charge in [0.25, 0.3) is 0 Å². The Morgan fingerprint density at radius 1 is 1.32 bits per heavy atom. The van der Waals surface area contributed by atoms with Crippen LogP contribution >= 0.6 is 47.1 Å². The first kappa shape index (κ1) is 24.2. The Morgan fingerprint density at radius 3 is 2.71 bits per heavy atom. The number of guanidine groups is 1. The highest BCUT2D eigenvalue weighted by Crippen LogP contribution is 2.28. The summed E-state index contributed by atoms with van der Waals surface area (Å²) in [5, 5.41) is 11.5. The summed E-state index contributed by atoms with van der Waals surface area (Å²) in [7, 11) is 1.89. The van der Waals surface area contributed by atoms with Crippen LogP contribution < -0.4 is 10.6 Å². The molecule has 0 bridgehead atoms. The first-order valence-electron chi connectivity index (χ1n) is 10.4. The minimum Gasteiger partial charge on any atom is -0.356 e. The molecule has 160 valence electrons. The van der Waals surface area contributed by atoms with E-state index in [4.69, 9.17) is 4.98 Å². The predicted octanol–water partition coefficient (Wildman–Crippen LogP) is 3.98. The second-order valence-electron chi connectivity index (χ2n) is 7.77. The molecule has 3 rings (SSSR count). The van der Waals surface area contributed by atoms with Gasteiger partial charge in [0.1, 0.15) is 0 Å². The van der Waals surface area contributed by atoms with Crippen molar-refractivity contribution in [2.75, 3.05) is 32.9 Å². The van der Waals surface area contributed by atoms with Crippen LogP contribution in [0.2, 0.25) is 0 Å². The maximum atomic E-state index is 4.71. The van der Waals surface area contributed by atoms with Crippen molar-refractivity contribution in [1.82, 2.24) is 20.5 Å².